The second-order valence-corrected chi connectivity index (χ2v) is 7.57. The molecular weight excluding hydrogens is 274 g/mol. The number of sulfonamides is 1. The lowest BCUT2D eigenvalue weighted by Gasteiger charge is -2.30. The molecule has 2 rings (SSSR count). The lowest BCUT2D eigenvalue weighted by atomic mass is 10.1. The fraction of sp³-hybridized carbons (Fsp3) is 0.636. The van der Waals surface area contributed by atoms with Gasteiger partial charge < -0.3 is 9.84 Å². The van der Waals surface area contributed by atoms with Crippen LogP contribution >= 0.6 is 11.3 Å². The molecule has 0 aliphatic carbocycles. The summed E-state index contributed by atoms with van der Waals surface area (Å²) in [7, 11) is -1.83. The van der Waals surface area contributed by atoms with Gasteiger partial charge in [0.25, 0.3) is 10.0 Å². The smallest absolute Gasteiger partial charge is 0.252 e. The molecule has 1 N–H and O–H groups in total. The maximum absolute atomic E-state index is 12.4. The number of methoxy groups -OCH3 is 1. The van der Waals surface area contributed by atoms with Gasteiger partial charge >= 0.3 is 0 Å². The van der Waals surface area contributed by atoms with Crippen LogP contribution < -0.4 is 0 Å². The quantitative estimate of drug-likeness (QED) is 0.900. The first-order valence-electron chi connectivity index (χ1n) is 5.80. The standard InChI is InChI=1S/C11H17NO4S2/c1-16-9-3-2-6-12(7-9)18(14,15)11-5-4-10(8-13)17-11/h4-5,9,13H,2-3,6-8H2,1H3. The van der Waals surface area contributed by atoms with Crippen LogP contribution in [0.5, 0.6) is 0 Å². The van der Waals surface area contributed by atoms with Crippen LogP contribution in [0.3, 0.4) is 0 Å². The minimum Gasteiger partial charge on any atom is -0.391 e. The first-order valence-corrected chi connectivity index (χ1v) is 8.06. The molecule has 0 aromatic carbocycles. The topological polar surface area (TPSA) is 66.8 Å². The molecule has 5 nitrogen and oxygen atoms in total. The molecule has 18 heavy (non-hydrogen) atoms. The molecule has 0 radical (unpaired) electrons. The van der Waals surface area contributed by atoms with E-state index in [1.165, 1.54) is 4.31 Å². The number of piperidine rings is 1. The Bertz CT molecular complexity index is 497. The van der Waals surface area contributed by atoms with Crippen LogP contribution in [-0.4, -0.2) is 44.1 Å². The number of hydrogen-bond acceptors (Lipinski definition) is 5. The van der Waals surface area contributed by atoms with Crippen molar-refractivity contribution in [2.24, 2.45) is 0 Å². The van der Waals surface area contributed by atoms with Crippen molar-refractivity contribution in [1.82, 2.24) is 4.31 Å². The Labute approximate surface area is 111 Å². The average molecular weight is 291 g/mol. The van der Waals surface area contributed by atoms with Crippen molar-refractivity contribution < 1.29 is 18.3 Å². The minimum absolute atomic E-state index is 0.0224. The van der Waals surface area contributed by atoms with Crippen LogP contribution in [0.2, 0.25) is 0 Å². The number of aliphatic hydroxyl groups excluding tert-OH is 1. The van der Waals surface area contributed by atoms with Gasteiger partial charge in [-0.2, -0.15) is 4.31 Å². The highest BCUT2D eigenvalue weighted by Gasteiger charge is 2.31. The van der Waals surface area contributed by atoms with E-state index in [1.54, 1.807) is 19.2 Å². The van der Waals surface area contributed by atoms with E-state index in [9.17, 15) is 8.42 Å². The van der Waals surface area contributed by atoms with Crippen LogP contribution in [0.4, 0.5) is 0 Å². The number of ether oxygens (including phenoxy) is 1. The van der Waals surface area contributed by atoms with Crippen molar-refractivity contribution in [1.29, 1.82) is 0 Å². The van der Waals surface area contributed by atoms with E-state index >= 15 is 0 Å². The molecule has 1 unspecified atom stereocenters. The summed E-state index contributed by atoms with van der Waals surface area (Å²) in [6.45, 7) is 0.820. The highest BCUT2D eigenvalue weighted by molar-refractivity contribution is 7.91. The molecule has 0 bridgehead atoms. The molecule has 1 saturated heterocycles. The molecule has 1 aromatic rings. The fourth-order valence-corrected chi connectivity index (χ4v) is 4.90. The predicted octanol–water partition coefficient (Wildman–Crippen LogP) is 1.04. The molecule has 2 heterocycles. The summed E-state index contributed by atoms with van der Waals surface area (Å²) in [5.74, 6) is 0. The van der Waals surface area contributed by atoms with Gasteiger partial charge in [0.15, 0.2) is 0 Å². The molecule has 0 amide bonds. The molecule has 1 aromatic heterocycles. The lowest BCUT2D eigenvalue weighted by molar-refractivity contribution is 0.0572. The predicted molar refractivity (Wildman–Crippen MR) is 69.0 cm³/mol. The summed E-state index contributed by atoms with van der Waals surface area (Å²) in [5, 5.41) is 8.99. The maximum Gasteiger partial charge on any atom is 0.252 e. The number of hydrogen-bond donors (Lipinski definition) is 1. The van der Waals surface area contributed by atoms with Gasteiger partial charge in [-0.1, -0.05) is 0 Å². The molecule has 0 saturated carbocycles. The highest BCUT2D eigenvalue weighted by atomic mass is 32.2. The lowest BCUT2D eigenvalue weighted by Crippen LogP contribution is -2.42. The minimum atomic E-state index is -3.43. The summed E-state index contributed by atoms with van der Waals surface area (Å²) in [4.78, 5) is 0.661. The summed E-state index contributed by atoms with van der Waals surface area (Å²) < 4.78 is 31.8. The fourth-order valence-electron chi connectivity index (χ4n) is 2.02. The zero-order valence-electron chi connectivity index (χ0n) is 10.2. The van der Waals surface area contributed by atoms with Crippen molar-refractivity contribution in [2.75, 3.05) is 20.2 Å². The van der Waals surface area contributed by atoms with Gasteiger partial charge in [0.1, 0.15) is 4.21 Å². The Morgan fingerprint density at radius 3 is 2.94 bits per heavy atom. The summed E-state index contributed by atoms with van der Waals surface area (Å²) >= 11 is 1.12. The SMILES string of the molecule is COC1CCCN(S(=O)(=O)c2ccc(CO)s2)C1. The number of nitrogens with zero attached hydrogens (tertiary/aromatic N) is 1. The van der Waals surface area contributed by atoms with Crippen LogP contribution in [0.1, 0.15) is 17.7 Å². The van der Waals surface area contributed by atoms with Gasteiger partial charge in [-0.15, -0.1) is 11.3 Å². The highest BCUT2D eigenvalue weighted by Crippen LogP contribution is 2.27. The van der Waals surface area contributed by atoms with Crippen LogP contribution in [0.15, 0.2) is 16.3 Å². The summed E-state index contributed by atoms with van der Waals surface area (Å²) in [6.07, 6.45) is 1.69. The average Bonchev–Trinajstić information content (AvgIpc) is 2.88. The van der Waals surface area contributed by atoms with Crippen molar-refractivity contribution in [3.8, 4) is 0 Å². The Morgan fingerprint density at radius 1 is 1.56 bits per heavy atom. The zero-order valence-corrected chi connectivity index (χ0v) is 11.8. The largest absolute Gasteiger partial charge is 0.391 e. The Morgan fingerprint density at radius 2 is 2.33 bits per heavy atom. The van der Waals surface area contributed by atoms with Crippen molar-refractivity contribution in [3.05, 3.63) is 17.0 Å². The number of rotatable bonds is 4. The first-order chi connectivity index (χ1) is 8.57. The molecule has 1 aliphatic heterocycles. The van der Waals surface area contributed by atoms with E-state index in [1.807, 2.05) is 0 Å². The summed E-state index contributed by atoms with van der Waals surface area (Å²) in [5.41, 5.74) is 0. The van der Waals surface area contributed by atoms with E-state index < -0.39 is 10.0 Å². The van der Waals surface area contributed by atoms with E-state index in [0.717, 1.165) is 24.2 Å². The summed E-state index contributed by atoms with van der Waals surface area (Å²) in [6, 6.07) is 3.21. The van der Waals surface area contributed by atoms with Crippen LogP contribution in [0, 0.1) is 0 Å². The van der Waals surface area contributed by atoms with E-state index in [0.29, 0.717) is 22.2 Å². The van der Waals surface area contributed by atoms with Gasteiger partial charge in [0, 0.05) is 25.1 Å². The molecular formula is C11H17NO4S2. The first kappa shape index (κ1) is 14.0. The normalized spacial score (nSPS) is 22.2. The monoisotopic (exact) mass is 291 g/mol. The second-order valence-electron chi connectivity index (χ2n) is 4.24. The van der Waals surface area contributed by atoms with Crippen LogP contribution in [-0.2, 0) is 21.4 Å². The van der Waals surface area contributed by atoms with E-state index in [4.69, 9.17) is 9.84 Å². The van der Waals surface area contributed by atoms with Crippen molar-refractivity contribution >= 4 is 21.4 Å². The molecule has 1 atom stereocenters. The Balaban J connectivity index is 2.19. The second kappa shape index (κ2) is 5.66. The Kier molecular flexibility index (Phi) is 4.39. The van der Waals surface area contributed by atoms with Crippen LogP contribution in [0.25, 0.3) is 0 Å². The maximum atomic E-state index is 12.4. The van der Waals surface area contributed by atoms with Crippen molar-refractivity contribution in [3.63, 3.8) is 0 Å². The van der Waals surface area contributed by atoms with E-state index in [2.05, 4.69) is 0 Å². The van der Waals surface area contributed by atoms with Gasteiger partial charge in [0.2, 0.25) is 0 Å². The molecule has 1 aliphatic rings. The number of aliphatic hydroxyl groups is 1. The zero-order chi connectivity index (χ0) is 13.2. The number of thiophene rings is 1. The third kappa shape index (κ3) is 2.75. The third-order valence-electron chi connectivity index (χ3n) is 3.06. The van der Waals surface area contributed by atoms with Gasteiger partial charge in [0.05, 0.1) is 12.7 Å². The van der Waals surface area contributed by atoms with Gasteiger partial charge in [-0.05, 0) is 25.0 Å². The molecule has 0 spiro atoms. The van der Waals surface area contributed by atoms with Gasteiger partial charge in [-0.25, -0.2) is 8.42 Å². The molecule has 7 heteroatoms. The van der Waals surface area contributed by atoms with Gasteiger partial charge in [-0.3, -0.25) is 0 Å². The molecule has 102 valence electrons. The molecule has 1 fully saturated rings. The third-order valence-corrected chi connectivity index (χ3v) is 6.46. The Hall–Kier alpha value is -0.470. The van der Waals surface area contributed by atoms with Crippen molar-refractivity contribution in [2.45, 2.75) is 29.8 Å². The van der Waals surface area contributed by atoms with E-state index in [-0.39, 0.29) is 12.7 Å².